The van der Waals surface area contributed by atoms with Crippen LogP contribution in [0, 0.1) is 5.92 Å². The highest BCUT2D eigenvalue weighted by molar-refractivity contribution is 5.97. The van der Waals surface area contributed by atoms with E-state index < -0.39 is 0 Å². The minimum atomic E-state index is 0.00803. The van der Waals surface area contributed by atoms with Gasteiger partial charge < -0.3 is 4.90 Å². The molecule has 0 N–H and O–H groups in total. The lowest BCUT2D eigenvalue weighted by molar-refractivity contribution is -0.128. The molecular weight excluding hydrogens is 226 g/mol. The molecule has 0 aliphatic carbocycles. The summed E-state index contributed by atoms with van der Waals surface area (Å²) in [6.45, 7) is 5.26. The van der Waals surface area contributed by atoms with Gasteiger partial charge >= 0.3 is 0 Å². The molecule has 0 aromatic heterocycles. The molecule has 0 spiro atoms. The van der Waals surface area contributed by atoms with Gasteiger partial charge in [0.15, 0.2) is 5.78 Å². The fourth-order valence-corrected chi connectivity index (χ4v) is 2.25. The van der Waals surface area contributed by atoms with Crippen LogP contribution in [0.25, 0.3) is 0 Å². The summed E-state index contributed by atoms with van der Waals surface area (Å²) in [6, 6.07) is 7.62. The van der Waals surface area contributed by atoms with E-state index in [1.54, 1.807) is 0 Å². The summed E-state index contributed by atoms with van der Waals surface area (Å²) in [5.74, 6) is 0.383. The Bertz CT molecular complexity index is 465. The summed E-state index contributed by atoms with van der Waals surface area (Å²) >= 11 is 0. The van der Waals surface area contributed by atoms with Crippen molar-refractivity contribution in [1.82, 2.24) is 4.90 Å². The SMILES string of the molecule is CC(C)C(=O)c1cccc(CN2CCCC2=O)c1. The van der Waals surface area contributed by atoms with E-state index >= 15 is 0 Å². The van der Waals surface area contributed by atoms with Crippen LogP contribution in [0.5, 0.6) is 0 Å². The van der Waals surface area contributed by atoms with Crippen molar-refractivity contribution in [1.29, 1.82) is 0 Å². The Kier molecular flexibility index (Phi) is 3.80. The molecule has 1 saturated heterocycles. The molecule has 3 nitrogen and oxygen atoms in total. The van der Waals surface area contributed by atoms with Crippen molar-refractivity contribution in [3.8, 4) is 0 Å². The zero-order valence-electron chi connectivity index (χ0n) is 11.0. The number of carbonyl (C=O) groups excluding carboxylic acids is 2. The number of Topliss-reactive ketones (excluding diaryl/α,β-unsaturated/α-hetero) is 1. The number of rotatable bonds is 4. The topological polar surface area (TPSA) is 37.4 Å². The molecule has 96 valence electrons. The number of hydrogen-bond acceptors (Lipinski definition) is 2. The van der Waals surface area contributed by atoms with Crippen molar-refractivity contribution in [2.24, 2.45) is 5.92 Å². The molecule has 0 unspecified atom stereocenters. The standard InChI is InChI=1S/C15H19NO2/c1-11(2)15(18)13-6-3-5-12(9-13)10-16-8-4-7-14(16)17/h3,5-6,9,11H,4,7-8,10H2,1-2H3. The zero-order chi connectivity index (χ0) is 13.1. The van der Waals surface area contributed by atoms with Gasteiger partial charge in [-0.3, -0.25) is 9.59 Å². The molecule has 18 heavy (non-hydrogen) atoms. The third-order valence-corrected chi connectivity index (χ3v) is 3.28. The summed E-state index contributed by atoms with van der Waals surface area (Å²) in [7, 11) is 0. The Morgan fingerprint density at radius 1 is 1.39 bits per heavy atom. The highest BCUT2D eigenvalue weighted by Crippen LogP contribution is 2.16. The molecule has 0 radical (unpaired) electrons. The molecule has 0 saturated carbocycles. The van der Waals surface area contributed by atoms with E-state index in [-0.39, 0.29) is 17.6 Å². The van der Waals surface area contributed by atoms with Gasteiger partial charge in [-0.2, -0.15) is 0 Å². The number of ketones is 1. The molecule has 1 aliphatic heterocycles. The number of nitrogens with zero attached hydrogens (tertiary/aromatic N) is 1. The minimum absolute atomic E-state index is 0.00803. The molecule has 3 heteroatoms. The van der Waals surface area contributed by atoms with Crippen molar-refractivity contribution < 1.29 is 9.59 Å². The second kappa shape index (κ2) is 5.34. The van der Waals surface area contributed by atoms with Crippen LogP contribution >= 0.6 is 0 Å². The first-order chi connectivity index (χ1) is 8.58. The molecule has 1 aromatic carbocycles. The van der Waals surface area contributed by atoms with Gasteiger partial charge in [0, 0.05) is 31.0 Å². The first-order valence-corrected chi connectivity index (χ1v) is 6.49. The lowest BCUT2D eigenvalue weighted by atomic mass is 9.99. The van der Waals surface area contributed by atoms with E-state index in [1.165, 1.54) is 0 Å². The maximum absolute atomic E-state index is 11.9. The molecule has 1 heterocycles. The maximum Gasteiger partial charge on any atom is 0.222 e. The van der Waals surface area contributed by atoms with Crippen LogP contribution < -0.4 is 0 Å². The number of benzene rings is 1. The number of hydrogen-bond donors (Lipinski definition) is 0. The van der Waals surface area contributed by atoms with Crippen LogP contribution in [0.2, 0.25) is 0 Å². The van der Waals surface area contributed by atoms with E-state index in [2.05, 4.69) is 0 Å². The van der Waals surface area contributed by atoms with Crippen molar-refractivity contribution in [2.45, 2.75) is 33.2 Å². The van der Waals surface area contributed by atoms with E-state index in [0.717, 1.165) is 24.1 Å². The number of likely N-dealkylation sites (tertiary alicyclic amines) is 1. The summed E-state index contributed by atoms with van der Waals surface area (Å²) in [6.07, 6.45) is 1.61. The first-order valence-electron chi connectivity index (χ1n) is 6.49. The second-order valence-electron chi connectivity index (χ2n) is 5.14. The predicted molar refractivity (Wildman–Crippen MR) is 70.3 cm³/mol. The maximum atomic E-state index is 11.9. The van der Waals surface area contributed by atoms with Crippen LogP contribution in [-0.2, 0) is 11.3 Å². The summed E-state index contributed by atoms with van der Waals surface area (Å²) in [4.78, 5) is 25.3. The summed E-state index contributed by atoms with van der Waals surface area (Å²) in [5, 5.41) is 0. The van der Waals surface area contributed by atoms with Gasteiger partial charge in [-0.15, -0.1) is 0 Å². The zero-order valence-corrected chi connectivity index (χ0v) is 11.0. The number of carbonyl (C=O) groups is 2. The van der Waals surface area contributed by atoms with Crippen LogP contribution in [0.4, 0.5) is 0 Å². The monoisotopic (exact) mass is 245 g/mol. The number of amides is 1. The average Bonchev–Trinajstić information content (AvgIpc) is 2.74. The minimum Gasteiger partial charge on any atom is -0.338 e. The Hall–Kier alpha value is -1.64. The largest absolute Gasteiger partial charge is 0.338 e. The van der Waals surface area contributed by atoms with Gasteiger partial charge in [-0.25, -0.2) is 0 Å². The third-order valence-electron chi connectivity index (χ3n) is 3.28. The van der Waals surface area contributed by atoms with Gasteiger partial charge in [-0.1, -0.05) is 32.0 Å². The molecule has 1 amide bonds. The summed E-state index contributed by atoms with van der Waals surface area (Å²) in [5.41, 5.74) is 1.78. The lowest BCUT2D eigenvalue weighted by Gasteiger charge is -2.16. The van der Waals surface area contributed by atoms with E-state index in [0.29, 0.717) is 13.0 Å². The molecule has 0 bridgehead atoms. The normalized spacial score (nSPS) is 15.5. The Morgan fingerprint density at radius 2 is 2.17 bits per heavy atom. The van der Waals surface area contributed by atoms with Gasteiger partial charge in [0.1, 0.15) is 0 Å². The van der Waals surface area contributed by atoms with Crippen molar-refractivity contribution in [2.75, 3.05) is 6.54 Å². The Balaban J connectivity index is 2.12. The molecule has 1 aromatic rings. The lowest BCUT2D eigenvalue weighted by Crippen LogP contribution is -2.24. The second-order valence-corrected chi connectivity index (χ2v) is 5.14. The smallest absolute Gasteiger partial charge is 0.222 e. The fraction of sp³-hybridized carbons (Fsp3) is 0.467. The predicted octanol–water partition coefficient (Wildman–Crippen LogP) is 2.65. The third kappa shape index (κ3) is 2.78. The quantitative estimate of drug-likeness (QED) is 0.765. The van der Waals surface area contributed by atoms with E-state index in [4.69, 9.17) is 0 Å². The van der Waals surface area contributed by atoms with Crippen LogP contribution in [-0.4, -0.2) is 23.1 Å². The first kappa shape index (κ1) is 12.8. The highest BCUT2D eigenvalue weighted by atomic mass is 16.2. The average molecular weight is 245 g/mol. The molecule has 2 rings (SSSR count). The highest BCUT2D eigenvalue weighted by Gasteiger charge is 2.20. The fourth-order valence-electron chi connectivity index (χ4n) is 2.25. The van der Waals surface area contributed by atoms with E-state index in [1.807, 2.05) is 43.0 Å². The van der Waals surface area contributed by atoms with Crippen LogP contribution in [0.15, 0.2) is 24.3 Å². The van der Waals surface area contributed by atoms with Crippen molar-refractivity contribution in [3.05, 3.63) is 35.4 Å². The van der Waals surface area contributed by atoms with Crippen LogP contribution in [0.3, 0.4) is 0 Å². The Morgan fingerprint density at radius 3 is 2.78 bits per heavy atom. The van der Waals surface area contributed by atoms with Crippen molar-refractivity contribution >= 4 is 11.7 Å². The molecular formula is C15H19NO2. The van der Waals surface area contributed by atoms with Gasteiger partial charge in [0.2, 0.25) is 5.91 Å². The van der Waals surface area contributed by atoms with Gasteiger partial charge in [-0.05, 0) is 18.1 Å². The Labute approximate surface area is 108 Å². The van der Waals surface area contributed by atoms with Gasteiger partial charge in [0.05, 0.1) is 0 Å². The summed E-state index contributed by atoms with van der Waals surface area (Å²) < 4.78 is 0. The van der Waals surface area contributed by atoms with Crippen molar-refractivity contribution in [3.63, 3.8) is 0 Å². The van der Waals surface area contributed by atoms with Gasteiger partial charge in [0.25, 0.3) is 0 Å². The molecule has 1 fully saturated rings. The molecule has 1 aliphatic rings. The van der Waals surface area contributed by atoms with E-state index in [9.17, 15) is 9.59 Å². The van der Waals surface area contributed by atoms with Crippen LogP contribution in [0.1, 0.15) is 42.6 Å². The molecule has 0 atom stereocenters.